The van der Waals surface area contributed by atoms with Crippen molar-refractivity contribution < 1.29 is 9.53 Å². The zero-order chi connectivity index (χ0) is 24.8. The van der Waals surface area contributed by atoms with Gasteiger partial charge in [-0.05, 0) is 53.4 Å². The predicted molar refractivity (Wildman–Crippen MR) is 145 cm³/mol. The van der Waals surface area contributed by atoms with Crippen molar-refractivity contribution in [2.45, 2.75) is 17.9 Å². The van der Waals surface area contributed by atoms with E-state index in [-0.39, 0.29) is 5.91 Å². The molecule has 3 aliphatic rings. The number of aryl methyl sites for hydroxylation is 1. The number of benzene rings is 5. The number of amides is 1. The Morgan fingerprint density at radius 2 is 1.03 bits per heavy atom. The Hall–Kier alpha value is -4.63. The molecule has 8 rings (SSSR count). The second-order valence-electron chi connectivity index (χ2n) is 10.1. The molecule has 3 heteroatoms. The van der Waals surface area contributed by atoms with Crippen LogP contribution in [0.25, 0.3) is 11.1 Å². The number of hydrogen-bond acceptors (Lipinski definition) is 2. The molecule has 1 fully saturated rings. The van der Waals surface area contributed by atoms with Crippen molar-refractivity contribution in [3.8, 4) is 22.6 Å². The molecular weight excluding hydrogens is 454 g/mol. The van der Waals surface area contributed by atoms with E-state index in [0.29, 0.717) is 0 Å². The highest BCUT2D eigenvalue weighted by Crippen LogP contribution is 2.72. The second-order valence-corrected chi connectivity index (χ2v) is 10.1. The summed E-state index contributed by atoms with van der Waals surface area (Å²) in [5.74, 6) is 1.53. The van der Waals surface area contributed by atoms with Crippen molar-refractivity contribution >= 4 is 11.6 Å². The van der Waals surface area contributed by atoms with E-state index in [1.165, 1.54) is 11.1 Å². The third-order valence-corrected chi connectivity index (χ3v) is 8.42. The maximum absolute atomic E-state index is 15.0. The Morgan fingerprint density at radius 3 is 1.57 bits per heavy atom. The average Bonchev–Trinajstić information content (AvgIpc) is 3.25. The molecule has 2 heterocycles. The van der Waals surface area contributed by atoms with Crippen LogP contribution in [0.4, 0.5) is 5.69 Å². The van der Waals surface area contributed by atoms with E-state index in [1.54, 1.807) is 0 Å². The average molecular weight is 478 g/mol. The van der Waals surface area contributed by atoms with Gasteiger partial charge in [0.1, 0.15) is 22.5 Å². The van der Waals surface area contributed by atoms with E-state index in [1.807, 2.05) is 41.3 Å². The van der Waals surface area contributed by atoms with Gasteiger partial charge in [-0.15, -0.1) is 0 Å². The zero-order valence-electron chi connectivity index (χ0n) is 20.3. The number of anilines is 1. The van der Waals surface area contributed by atoms with Gasteiger partial charge in [-0.1, -0.05) is 103 Å². The van der Waals surface area contributed by atoms with Crippen LogP contribution in [0.1, 0.15) is 27.8 Å². The van der Waals surface area contributed by atoms with Crippen LogP contribution >= 0.6 is 0 Å². The number of fused-ring (bicyclic) bond motifs is 10. The van der Waals surface area contributed by atoms with E-state index in [0.717, 1.165) is 45.0 Å². The third-order valence-electron chi connectivity index (χ3n) is 8.42. The van der Waals surface area contributed by atoms with Crippen molar-refractivity contribution in [2.75, 3.05) is 4.90 Å². The summed E-state index contributed by atoms with van der Waals surface area (Å²) >= 11 is 0. The summed E-state index contributed by atoms with van der Waals surface area (Å²) in [5.41, 5.74) is 6.75. The fraction of sp³-hybridized carbons (Fsp3) is 0.0882. The fourth-order valence-electron chi connectivity index (χ4n) is 7.07. The van der Waals surface area contributed by atoms with Gasteiger partial charge in [-0.25, -0.2) is 0 Å². The second kappa shape index (κ2) is 6.98. The molecule has 1 amide bonds. The lowest BCUT2D eigenvalue weighted by atomic mass is 9.49. The number of carbonyl (C=O) groups is 1. The minimum Gasteiger partial charge on any atom is -0.457 e. The molecule has 176 valence electrons. The Kier molecular flexibility index (Phi) is 3.88. The molecule has 0 N–H and O–H groups in total. The van der Waals surface area contributed by atoms with Gasteiger partial charge in [-0.3, -0.25) is 9.69 Å². The highest BCUT2D eigenvalue weighted by atomic mass is 16.5. The molecular formula is C34H23NO2. The summed E-state index contributed by atoms with van der Waals surface area (Å²) in [7, 11) is 0. The first-order valence-corrected chi connectivity index (χ1v) is 12.7. The van der Waals surface area contributed by atoms with Gasteiger partial charge >= 0.3 is 0 Å². The van der Waals surface area contributed by atoms with Crippen molar-refractivity contribution in [3.63, 3.8) is 0 Å². The van der Waals surface area contributed by atoms with Crippen LogP contribution in [-0.4, -0.2) is 5.91 Å². The Balaban J connectivity index is 1.58. The number of carbonyl (C=O) groups excluding carboxylic acids is 1. The van der Waals surface area contributed by atoms with Gasteiger partial charge in [0.25, 0.3) is 0 Å². The molecule has 1 aliphatic carbocycles. The van der Waals surface area contributed by atoms with E-state index in [9.17, 15) is 0 Å². The van der Waals surface area contributed by atoms with Gasteiger partial charge in [-0.2, -0.15) is 0 Å². The number of ether oxygens (including phenoxy) is 1. The lowest BCUT2D eigenvalue weighted by molar-refractivity contribution is -0.135. The van der Waals surface area contributed by atoms with Crippen LogP contribution < -0.4 is 9.64 Å². The number of rotatable bonds is 1. The first kappa shape index (κ1) is 20.6. The first-order valence-electron chi connectivity index (χ1n) is 12.7. The number of β-lactam (4-membered cyclic amide) rings is 1. The van der Waals surface area contributed by atoms with Gasteiger partial charge < -0.3 is 4.74 Å². The van der Waals surface area contributed by atoms with Gasteiger partial charge in [0.05, 0.1) is 0 Å². The topological polar surface area (TPSA) is 29.5 Å². The van der Waals surface area contributed by atoms with Crippen molar-refractivity contribution in [1.82, 2.24) is 0 Å². The van der Waals surface area contributed by atoms with Crippen molar-refractivity contribution in [2.24, 2.45) is 0 Å². The SMILES string of the molecule is Cc1ccc(N2C(=O)C3(c4ccccc4Oc4ccccc43)C23c2ccccc2-c2ccccc23)cc1. The van der Waals surface area contributed by atoms with Crippen LogP contribution in [0, 0.1) is 6.92 Å². The van der Waals surface area contributed by atoms with E-state index >= 15 is 4.79 Å². The van der Waals surface area contributed by atoms with Crippen LogP contribution in [-0.2, 0) is 15.7 Å². The maximum atomic E-state index is 15.0. The lowest BCUT2D eigenvalue weighted by Gasteiger charge is -2.65. The van der Waals surface area contributed by atoms with E-state index in [2.05, 4.69) is 91.9 Å². The predicted octanol–water partition coefficient (Wildman–Crippen LogP) is 7.36. The van der Waals surface area contributed by atoms with Crippen molar-refractivity contribution in [3.05, 3.63) is 149 Å². The first-order chi connectivity index (χ1) is 18.2. The largest absolute Gasteiger partial charge is 0.457 e. The number of para-hydroxylation sites is 2. The normalized spacial score (nSPS) is 16.9. The summed E-state index contributed by atoms with van der Waals surface area (Å²) in [6.07, 6.45) is 0. The highest BCUT2D eigenvalue weighted by Gasteiger charge is 2.78. The molecule has 5 aromatic rings. The minimum atomic E-state index is -0.980. The van der Waals surface area contributed by atoms with Crippen molar-refractivity contribution in [1.29, 1.82) is 0 Å². The molecule has 0 aromatic heterocycles. The molecule has 0 bridgehead atoms. The summed E-state index contributed by atoms with van der Waals surface area (Å²) < 4.78 is 6.42. The summed E-state index contributed by atoms with van der Waals surface area (Å²) in [4.78, 5) is 17.0. The molecule has 0 atom stereocenters. The molecule has 0 unspecified atom stereocenters. The van der Waals surface area contributed by atoms with E-state index < -0.39 is 11.0 Å². The smallest absolute Gasteiger partial charge is 0.246 e. The molecule has 2 aliphatic heterocycles. The third kappa shape index (κ3) is 2.22. The molecule has 0 saturated carbocycles. The maximum Gasteiger partial charge on any atom is 0.246 e. The standard InChI is InChI=1S/C34H23NO2/c1-22-18-20-23(21-19-22)35-32(36)33(28-14-6-8-16-30(28)37-31-17-9-7-15-29(31)33)34(35)26-12-4-2-10-24(26)25-11-3-5-13-27(25)34/h2-21H,1H3. The molecule has 3 nitrogen and oxygen atoms in total. The molecule has 5 aromatic carbocycles. The lowest BCUT2D eigenvalue weighted by Crippen LogP contribution is -2.79. The van der Waals surface area contributed by atoms with Gasteiger partial charge in [0, 0.05) is 16.8 Å². The Bertz CT molecular complexity index is 1660. The molecule has 0 radical (unpaired) electrons. The molecule has 2 spiro atoms. The quantitative estimate of drug-likeness (QED) is 0.236. The van der Waals surface area contributed by atoms with Crippen LogP contribution in [0.2, 0.25) is 0 Å². The molecule has 1 saturated heterocycles. The number of hydrogen-bond donors (Lipinski definition) is 0. The monoisotopic (exact) mass is 477 g/mol. The van der Waals surface area contributed by atoms with Crippen LogP contribution in [0.3, 0.4) is 0 Å². The fourth-order valence-corrected chi connectivity index (χ4v) is 7.07. The Morgan fingerprint density at radius 1 is 0.568 bits per heavy atom. The zero-order valence-corrected chi connectivity index (χ0v) is 20.3. The van der Waals surface area contributed by atoms with Gasteiger partial charge in [0.2, 0.25) is 5.91 Å². The van der Waals surface area contributed by atoms with E-state index in [4.69, 9.17) is 4.74 Å². The van der Waals surface area contributed by atoms with Crippen LogP contribution in [0.15, 0.2) is 121 Å². The summed E-state index contributed by atoms with van der Waals surface area (Å²) in [6.45, 7) is 2.07. The minimum absolute atomic E-state index is 0.0612. The van der Waals surface area contributed by atoms with Crippen LogP contribution in [0.5, 0.6) is 11.5 Å². The highest BCUT2D eigenvalue weighted by molar-refractivity contribution is 6.19. The number of nitrogens with zero attached hydrogens (tertiary/aromatic N) is 1. The summed E-state index contributed by atoms with van der Waals surface area (Å²) in [5, 5.41) is 0. The van der Waals surface area contributed by atoms with Gasteiger partial charge in [0.15, 0.2) is 0 Å². The summed E-state index contributed by atoms with van der Waals surface area (Å²) in [6, 6.07) is 41.5. The molecule has 37 heavy (non-hydrogen) atoms. The Labute approximate surface area is 215 Å².